The van der Waals surface area contributed by atoms with Crippen molar-refractivity contribution in [2.45, 2.75) is 51.2 Å². The van der Waals surface area contributed by atoms with Gasteiger partial charge in [0.1, 0.15) is 11.3 Å². The van der Waals surface area contributed by atoms with Crippen LogP contribution in [0.4, 0.5) is 0 Å². The summed E-state index contributed by atoms with van der Waals surface area (Å²) in [6.07, 6.45) is 0.704. The Kier molecular flexibility index (Phi) is 4.61. The summed E-state index contributed by atoms with van der Waals surface area (Å²) in [5.41, 5.74) is -1.13. The molecule has 1 aromatic carbocycles. The van der Waals surface area contributed by atoms with Crippen LogP contribution in [-0.4, -0.2) is 27.0 Å². The SMILES string of the molecule is C=CC(C)(C)c1cc2cc(C[C@@H](O)C(C)(C)O)c(O)cc2oc1=O. The molecule has 0 unspecified atom stereocenters. The fourth-order valence-electron chi connectivity index (χ4n) is 2.38. The number of benzene rings is 1. The zero-order valence-electron chi connectivity index (χ0n) is 14.5. The third kappa shape index (κ3) is 3.52. The van der Waals surface area contributed by atoms with Gasteiger partial charge in [-0.15, -0.1) is 6.58 Å². The normalized spacial score (nSPS) is 13.9. The highest BCUT2D eigenvalue weighted by atomic mass is 16.4. The van der Waals surface area contributed by atoms with E-state index in [4.69, 9.17) is 4.42 Å². The van der Waals surface area contributed by atoms with Gasteiger partial charge in [0.05, 0.1) is 11.7 Å². The Bertz CT molecular complexity index is 824. The van der Waals surface area contributed by atoms with Crippen molar-refractivity contribution in [2.75, 3.05) is 0 Å². The first-order valence-corrected chi connectivity index (χ1v) is 7.80. The van der Waals surface area contributed by atoms with Gasteiger partial charge in [0, 0.05) is 28.9 Å². The van der Waals surface area contributed by atoms with Crippen LogP contribution >= 0.6 is 0 Å². The van der Waals surface area contributed by atoms with Crippen molar-refractivity contribution in [1.82, 2.24) is 0 Å². The van der Waals surface area contributed by atoms with Crippen LogP contribution in [0.1, 0.15) is 38.8 Å². The molecule has 0 spiro atoms. The number of aliphatic hydroxyl groups is 2. The minimum absolute atomic E-state index is 0.0740. The average Bonchev–Trinajstić information content (AvgIpc) is 2.46. The quantitative estimate of drug-likeness (QED) is 0.578. The molecular formula is C19H24O5. The Hall–Kier alpha value is -2.11. The van der Waals surface area contributed by atoms with Crippen LogP contribution in [0.5, 0.6) is 5.75 Å². The first kappa shape index (κ1) is 18.2. The number of allylic oxidation sites excluding steroid dienone is 1. The molecule has 0 aliphatic carbocycles. The topological polar surface area (TPSA) is 90.9 Å². The molecule has 2 rings (SSSR count). The molecule has 0 bridgehead atoms. The average molecular weight is 332 g/mol. The predicted molar refractivity (Wildman–Crippen MR) is 93.4 cm³/mol. The van der Waals surface area contributed by atoms with Crippen molar-refractivity contribution in [3.63, 3.8) is 0 Å². The van der Waals surface area contributed by atoms with Gasteiger partial charge in [-0.25, -0.2) is 4.79 Å². The van der Waals surface area contributed by atoms with Crippen molar-refractivity contribution in [3.05, 3.63) is 52.4 Å². The van der Waals surface area contributed by atoms with E-state index in [1.54, 1.807) is 18.2 Å². The molecule has 5 heteroatoms. The number of phenolic OH excluding ortho intramolecular Hbond substituents is 1. The number of aliphatic hydroxyl groups excluding tert-OH is 1. The highest BCUT2D eigenvalue weighted by molar-refractivity contribution is 5.80. The monoisotopic (exact) mass is 332 g/mol. The highest BCUT2D eigenvalue weighted by Crippen LogP contribution is 2.30. The van der Waals surface area contributed by atoms with Gasteiger partial charge in [0.25, 0.3) is 0 Å². The fourth-order valence-corrected chi connectivity index (χ4v) is 2.38. The van der Waals surface area contributed by atoms with Crippen molar-refractivity contribution in [1.29, 1.82) is 0 Å². The zero-order valence-corrected chi connectivity index (χ0v) is 14.5. The van der Waals surface area contributed by atoms with Gasteiger partial charge in [0.15, 0.2) is 0 Å². The summed E-state index contributed by atoms with van der Waals surface area (Å²) in [5.74, 6) is -0.0929. The van der Waals surface area contributed by atoms with E-state index >= 15 is 0 Å². The molecule has 5 nitrogen and oxygen atoms in total. The molecule has 0 aliphatic heterocycles. The lowest BCUT2D eigenvalue weighted by Gasteiger charge is -2.25. The zero-order chi connectivity index (χ0) is 18.3. The Morgan fingerprint density at radius 1 is 1.25 bits per heavy atom. The van der Waals surface area contributed by atoms with Crippen molar-refractivity contribution in [2.24, 2.45) is 0 Å². The van der Waals surface area contributed by atoms with E-state index < -0.39 is 22.7 Å². The summed E-state index contributed by atoms with van der Waals surface area (Å²) < 4.78 is 5.31. The summed E-state index contributed by atoms with van der Waals surface area (Å²) in [4.78, 5) is 12.2. The van der Waals surface area contributed by atoms with E-state index in [9.17, 15) is 20.1 Å². The number of fused-ring (bicyclic) bond motifs is 1. The number of aromatic hydroxyl groups is 1. The first-order chi connectivity index (χ1) is 11.0. The van der Waals surface area contributed by atoms with Gasteiger partial charge in [-0.1, -0.05) is 19.9 Å². The van der Waals surface area contributed by atoms with Gasteiger partial charge in [-0.05, 0) is 31.5 Å². The fraction of sp³-hybridized carbons (Fsp3) is 0.421. The van der Waals surface area contributed by atoms with E-state index in [0.29, 0.717) is 16.5 Å². The molecule has 24 heavy (non-hydrogen) atoms. The lowest BCUT2D eigenvalue weighted by Crippen LogP contribution is -2.37. The highest BCUT2D eigenvalue weighted by Gasteiger charge is 2.26. The summed E-state index contributed by atoms with van der Waals surface area (Å²) in [6, 6.07) is 4.72. The van der Waals surface area contributed by atoms with E-state index in [1.165, 1.54) is 19.9 Å². The van der Waals surface area contributed by atoms with Crippen LogP contribution in [0, 0.1) is 0 Å². The lowest BCUT2D eigenvalue weighted by molar-refractivity contribution is -0.0471. The van der Waals surface area contributed by atoms with Crippen LogP contribution in [-0.2, 0) is 11.8 Å². The molecule has 130 valence electrons. The molecule has 0 radical (unpaired) electrons. The molecule has 3 N–H and O–H groups in total. The second kappa shape index (κ2) is 6.07. The molecule has 1 aromatic heterocycles. The van der Waals surface area contributed by atoms with Gasteiger partial charge >= 0.3 is 5.63 Å². The Morgan fingerprint density at radius 3 is 2.42 bits per heavy atom. The van der Waals surface area contributed by atoms with Crippen LogP contribution in [0.15, 0.2) is 40.1 Å². The van der Waals surface area contributed by atoms with Crippen LogP contribution in [0.3, 0.4) is 0 Å². The Labute approximate surface area is 140 Å². The van der Waals surface area contributed by atoms with Gasteiger partial charge in [-0.3, -0.25) is 0 Å². The summed E-state index contributed by atoms with van der Waals surface area (Å²) in [6.45, 7) is 10.5. The number of hydrogen-bond donors (Lipinski definition) is 3. The molecule has 0 amide bonds. The van der Waals surface area contributed by atoms with E-state index in [2.05, 4.69) is 6.58 Å². The third-order valence-electron chi connectivity index (χ3n) is 4.37. The molecular weight excluding hydrogens is 308 g/mol. The van der Waals surface area contributed by atoms with Gasteiger partial charge in [0.2, 0.25) is 0 Å². The molecule has 2 aromatic rings. The molecule has 0 fully saturated rings. The minimum Gasteiger partial charge on any atom is -0.508 e. The van der Waals surface area contributed by atoms with Crippen LogP contribution in [0.2, 0.25) is 0 Å². The maximum atomic E-state index is 12.2. The van der Waals surface area contributed by atoms with Crippen LogP contribution in [0.25, 0.3) is 11.0 Å². The van der Waals surface area contributed by atoms with Crippen molar-refractivity contribution >= 4 is 11.0 Å². The molecule has 0 saturated carbocycles. The molecule has 0 aliphatic rings. The van der Waals surface area contributed by atoms with E-state index in [-0.39, 0.29) is 17.8 Å². The largest absolute Gasteiger partial charge is 0.508 e. The lowest BCUT2D eigenvalue weighted by atomic mass is 9.85. The second-order valence-corrected chi connectivity index (χ2v) is 7.27. The smallest absolute Gasteiger partial charge is 0.340 e. The Morgan fingerprint density at radius 2 is 1.88 bits per heavy atom. The molecule has 1 atom stereocenters. The van der Waals surface area contributed by atoms with E-state index in [1.807, 2.05) is 13.8 Å². The number of hydrogen-bond acceptors (Lipinski definition) is 5. The maximum absolute atomic E-state index is 12.2. The van der Waals surface area contributed by atoms with E-state index in [0.717, 1.165) is 0 Å². The summed E-state index contributed by atoms with van der Waals surface area (Å²) in [7, 11) is 0. The Balaban J connectivity index is 2.58. The molecule has 0 saturated heterocycles. The summed E-state index contributed by atoms with van der Waals surface area (Å²) >= 11 is 0. The maximum Gasteiger partial charge on any atom is 0.340 e. The first-order valence-electron chi connectivity index (χ1n) is 7.80. The predicted octanol–water partition coefficient (Wildman–Crippen LogP) is 2.64. The molecule has 1 heterocycles. The summed E-state index contributed by atoms with van der Waals surface area (Å²) in [5, 5.41) is 30.7. The third-order valence-corrected chi connectivity index (χ3v) is 4.37. The standard InChI is InChI=1S/C19H24O5/c1-6-18(2,3)13-8-12-7-11(9-16(21)19(4,5)23)14(20)10-15(12)24-17(13)22/h6-8,10,16,20-21,23H,1,9H2,2-5H3/t16-/m1/s1. The van der Waals surface area contributed by atoms with Gasteiger partial charge < -0.3 is 19.7 Å². The van der Waals surface area contributed by atoms with Gasteiger partial charge in [-0.2, -0.15) is 0 Å². The number of phenols is 1. The van der Waals surface area contributed by atoms with Crippen molar-refractivity contribution < 1.29 is 19.7 Å². The minimum atomic E-state index is -1.29. The van der Waals surface area contributed by atoms with Crippen LogP contribution < -0.4 is 5.63 Å². The number of rotatable bonds is 5. The van der Waals surface area contributed by atoms with Crippen molar-refractivity contribution in [3.8, 4) is 5.75 Å². The second-order valence-electron chi connectivity index (χ2n) is 7.27.